The van der Waals surface area contributed by atoms with Gasteiger partial charge in [-0.05, 0) is 61.4 Å². The fraction of sp³-hybridized carbons (Fsp3) is 0.481. The minimum Gasteiger partial charge on any atom is -0.390 e. The van der Waals surface area contributed by atoms with Crippen LogP contribution in [-0.2, 0) is 17.1 Å². The highest BCUT2D eigenvalue weighted by Gasteiger charge is 2.38. The summed E-state index contributed by atoms with van der Waals surface area (Å²) in [4.78, 5) is 26.6. The lowest BCUT2D eigenvalue weighted by molar-refractivity contribution is -0.138. The van der Waals surface area contributed by atoms with Crippen molar-refractivity contribution in [2.24, 2.45) is 0 Å². The van der Waals surface area contributed by atoms with Crippen molar-refractivity contribution in [1.82, 2.24) is 15.5 Å². The first-order valence-corrected chi connectivity index (χ1v) is 12.7. The average Bonchev–Trinajstić information content (AvgIpc) is 3.26. The van der Waals surface area contributed by atoms with Gasteiger partial charge >= 0.3 is 12.4 Å². The van der Waals surface area contributed by atoms with Gasteiger partial charge in [0.2, 0.25) is 5.91 Å². The molecule has 0 bridgehead atoms. The molecule has 1 saturated heterocycles. The van der Waals surface area contributed by atoms with E-state index in [0.717, 1.165) is 31.0 Å². The summed E-state index contributed by atoms with van der Waals surface area (Å²) in [6.07, 6.45) is -6.96. The highest BCUT2D eigenvalue weighted by Crippen LogP contribution is 2.38. The zero-order chi connectivity index (χ0) is 28.4. The van der Waals surface area contributed by atoms with E-state index in [4.69, 9.17) is 0 Å². The molecule has 2 aliphatic rings. The minimum atomic E-state index is -4.60. The third-order valence-corrected chi connectivity index (χ3v) is 7.42. The molecule has 3 N–H and O–H groups in total. The summed E-state index contributed by atoms with van der Waals surface area (Å²) in [5.41, 5.74) is -1.19. The number of carbonyl (C=O) groups excluding carboxylic acids is 2. The van der Waals surface area contributed by atoms with Crippen LogP contribution >= 0.6 is 0 Å². The van der Waals surface area contributed by atoms with Crippen LogP contribution in [0.15, 0.2) is 48.5 Å². The molecule has 1 aliphatic carbocycles. The maximum atomic E-state index is 13.1. The van der Waals surface area contributed by atoms with Gasteiger partial charge in [0.1, 0.15) is 0 Å². The molecule has 12 heteroatoms. The van der Waals surface area contributed by atoms with E-state index in [1.54, 1.807) is 6.07 Å². The number of hydrogen-bond donors (Lipinski definition) is 3. The molecule has 1 saturated carbocycles. The molecule has 212 valence electrons. The molecular formula is C27H29F6N3O3. The van der Waals surface area contributed by atoms with Crippen LogP contribution in [0, 0.1) is 0 Å². The van der Waals surface area contributed by atoms with Gasteiger partial charge in [0.15, 0.2) is 0 Å². The van der Waals surface area contributed by atoms with Crippen molar-refractivity contribution in [3.8, 4) is 0 Å². The Morgan fingerprint density at radius 3 is 2.13 bits per heavy atom. The van der Waals surface area contributed by atoms with Crippen LogP contribution in [0.3, 0.4) is 0 Å². The predicted molar refractivity (Wildman–Crippen MR) is 130 cm³/mol. The number of likely N-dealkylation sites (tertiary alicyclic amines) is 1. The molecule has 1 aliphatic heterocycles. The number of benzene rings is 2. The molecule has 39 heavy (non-hydrogen) atoms. The summed E-state index contributed by atoms with van der Waals surface area (Å²) < 4.78 is 77.8. The first kappa shape index (κ1) is 28.9. The number of nitrogens with one attached hydrogen (secondary N) is 2. The minimum absolute atomic E-state index is 0.0204. The maximum Gasteiger partial charge on any atom is 0.416 e. The van der Waals surface area contributed by atoms with Crippen LogP contribution < -0.4 is 10.6 Å². The second-order valence-corrected chi connectivity index (χ2v) is 10.1. The van der Waals surface area contributed by atoms with E-state index >= 15 is 0 Å². The average molecular weight is 558 g/mol. The summed E-state index contributed by atoms with van der Waals surface area (Å²) >= 11 is 0. The third kappa shape index (κ3) is 7.30. The molecule has 1 heterocycles. The second-order valence-electron chi connectivity index (χ2n) is 10.1. The predicted octanol–water partition coefficient (Wildman–Crippen LogP) is 4.34. The van der Waals surface area contributed by atoms with Crippen molar-refractivity contribution in [3.63, 3.8) is 0 Å². The summed E-state index contributed by atoms with van der Waals surface area (Å²) in [7, 11) is 0. The number of carbonyl (C=O) groups is 2. The molecule has 2 atom stereocenters. The van der Waals surface area contributed by atoms with Crippen LogP contribution in [0.2, 0.25) is 0 Å². The van der Waals surface area contributed by atoms with Crippen LogP contribution in [0.1, 0.15) is 58.6 Å². The highest BCUT2D eigenvalue weighted by atomic mass is 19.4. The van der Waals surface area contributed by atoms with Crippen molar-refractivity contribution in [1.29, 1.82) is 0 Å². The topological polar surface area (TPSA) is 81.7 Å². The molecule has 0 unspecified atom stereocenters. The highest BCUT2D eigenvalue weighted by molar-refractivity contribution is 5.96. The molecule has 2 amide bonds. The summed E-state index contributed by atoms with van der Waals surface area (Å²) in [6.45, 7) is 0.216. The van der Waals surface area contributed by atoms with Crippen molar-refractivity contribution < 1.29 is 41.0 Å². The standard InChI is InChI=1S/C27H29F6N3O3/c28-26(29,30)19-5-1-3-17(11-19)16-7-9-21(10-8-16)36-14-22(23(37)15-36)35-24(38)13-34-25(39)18-4-2-6-20(12-18)27(31,32)33/h1-6,11-12,16,21-23,37H,7-10,13-15H2,(H,34,39)(H,35,38)/t16?,21?,22-,23+/m0/s1. The van der Waals surface area contributed by atoms with Gasteiger partial charge in [-0.3, -0.25) is 14.5 Å². The van der Waals surface area contributed by atoms with E-state index in [1.165, 1.54) is 18.2 Å². The van der Waals surface area contributed by atoms with Gasteiger partial charge in [-0.2, -0.15) is 26.3 Å². The lowest BCUT2D eigenvalue weighted by Gasteiger charge is -2.35. The number of alkyl halides is 6. The molecule has 0 radical (unpaired) electrons. The first-order valence-electron chi connectivity index (χ1n) is 12.7. The van der Waals surface area contributed by atoms with Crippen molar-refractivity contribution in [3.05, 3.63) is 70.8 Å². The van der Waals surface area contributed by atoms with Crippen LogP contribution in [0.25, 0.3) is 0 Å². The van der Waals surface area contributed by atoms with Gasteiger partial charge in [-0.1, -0.05) is 24.3 Å². The number of rotatable bonds is 6. The molecule has 2 aromatic rings. The number of nitrogens with zero attached hydrogens (tertiary/aromatic N) is 1. The number of β-amino-alcohol motifs (C(OH)–C–C–N with tert-alkyl or cyclic N) is 1. The van der Waals surface area contributed by atoms with Crippen molar-refractivity contribution >= 4 is 11.8 Å². The first-order chi connectivity index (χ1) is 18.3. The quantitative estimate of drug-likeness (QED) is 0.462. The Bertz CT molecular complexity index is 1180. The van der Waals surface area contributed by atoms with E-state index in [1.807, 2.05) is 0 Å². The third-order valence-electron chi connectivity index (χ3n) is 7.42. The second kappa shape index (κ2) is 11.5. The molecule has 4 rings (SSSR count). The molecule has 0 aromatic heterocycles. The maximum absolute atomic E-state index is 13.1. The molecular weight excluding hydrogens is 528 g/mol. The molecule has 2 fully saturated rings. The number of aliphatic hydroxyl groups is 1. The molecule has 6 nitrogen and oxygen atoms in total. The van der Waals surface area contributed by atoms with E-state index < -0.39 is 54.0 Å². The van der Waals surface area contributed by atoms with E-state index in [2.05, 4.69) is 15.5 Å². The van der Waals surface area contributed by atoms with Gasteiger partial charge < -0.3 is 15.7 Å². The van der Waals surface area contributed by atoms with Crippen molar-refractivity contribution in [2.45, 2.75) is 62.1 Å². The Hall–Kier alpha value is -3.12. The summed E-state index contributed by atoms with van der Waals surface area (Å²) in [5, 5.41) is 15.4. The summed E-state index contributed by atoms with van der Waals surface area (Å²) in [6, 6.07) is 8.80. The lowest BCUT2D eigenvalue weighted by Crippen LogP contribution is -2.47. The van der Waals surface area contributed by atoms with Crippen LogP contribution in [-0.4, -0.2) is 59.6 Å². The monoisotopic (exact) mass is 557 g/mol. The lowest BCUT2D eigenvalue weighted by atomic mass is 9.81. The van der Waals surface area contributed by atoms with E-state index in [0.29, 0.717) is 37.6 Å². The number of amides is 2. The van der Waals surface area contributed by atoms with Crippen LogP contribution in [0.5, 0.6) is 0 Å². The Morgan fingerprint density at radius 1 is 0.872 bits per heavy atom. The van der Waals surface area contributed by atoms with Crippen LogP contribution in [0.4, 0.5) is 26.3 Å². The largest absolute Gasteiger partial charge is 0.416 e. The Balaban J connectivity index is 1.24. The number of hydrogen-bond acceptors (Lipinski definition) is 4. The van der Waals surface area contributed by atoms with E-state index in [9.17, 15) is 41.0 Å². The zero-order valence-corrected chi connectivity index (χ0v) is 20.9. The van der Waals surface area contributed by atoms with Gasteiger partial charge in [0.25, 0.3) is 5.91 Å². The fourth-order valence-corrected chi connectivity index (χ4v) is 5.36. The molecule has 0 spiro atoms. The normalized spacial score (nSPS) is 24.4. The SMILES string of the molecule is O=C(CNC(=O)c1cccc(C(F)(F)F)c1)N[C@H]1CN(C2CCC(c3cccc(C(F)(F)F)c3)CC2)C[C@H]1O. The number of aliphatic hydroxyl groups excluding tert-OH is 1. The Kier molecular flexibility index (Phi) is 8.55. The fourth-order valence-electron chi connectivity index (χ4n) is 5.36. The van der Waals surface area contributed by atoms with Gasteiger partial charge in [0.05, 0.1) is 29.8 Å². The Labute approximate surface area is 221 Å². The van der Waals surface area contributed by atoms with Crippen molar-refractivity contribution in [2.75, 3.05) is 19.6 Å². The number of halogens is 6. The van der Waals surface area contributed by atoms with Gasteiger partial charge in [-0.15, -0.1) is 0 Å². The Morgan fingerprint density at radius 2 is 1.49 bits per heavy atom. The van der Waals surface area contributed by atoms with E-state index in [-0.39, 0.29) is 17.5 Å². The van der Waals surface area contributed by atoms with Gasteiger partial charge in [-0.25, -0.2) is 0 Å². The molecule has 2 aromatic carbocycles. The smallest absolute Gasteiger partial charge is 0.390 e. The summed E-state index contributed by atoms with van der Waals surface area (Å²) in [5.74, 6) is -1.40. The zero-order valence-electron chi connectivity index (χ0n) is 20.9. The van der Waals surface area contributed by atoms with Gasteiger partial charge in [0, 0.05) is 24.7 Å².